The predicted octanol–water partition coefficient (Wildman–Crippen LogP) is 5.49. The number of carbonyl (C=O) groups is 2. The lowest BCUT2D eigenvalue weighted by atomic mass is 10.1. The van der Waals surface area contributed by atoms with Gasteiger partial charge in [-0.25, -0.2) is 5.01 Å². The second-order valence-electron chi connectivity index (χ2n) is 7.15. The standard InChI is InChI=1S/C25H20BrIN2O4/c1-2-32-22-14-17(13-21(27)23(22)33-15-16-8-10-18(26)11-9-16)12-20-24(30)28-29(25(20)31)19-6-4-3-5-7-19/h3-14H,2,15H2,1H3,(H,28,30)/b20-12-. The molecule has 4 rings (SSSR count). The van der Waals surface area contributed by atoms with Gasteiger partial charge in [-0.1, -0.05) is 46.3 Å². The van der Waals surface area contributed by atoms with Crippen molar-refractivity contribution in [2.24, 2.45) is 0 Å². The minimum atomic E-state index is -0.451. The smallest absolute Gasteiger partial charge is 0.282 e. The number of hydrogen-bond acceptors (Lipinski definition) is 4. The van der Waals surface area contributed by atoms with Gasteiger partial charge in [0, 0.05) is 4.47 Å². The summed E-state index contributed by atoms with van der Waals surface area (Å²) in [6.07, 6.45) is 1.57. The molecule has 6 nitrogen and oxygen atoms in total. The average molecular weight is 619 g/mol. The lowest BCUT2D eigenvalue weighted by molar-refractivity contribution is -0.117. The first-order chi connectivity index (χ1) is 16.0. The maximum Gasteiger partial charge on any atom is 0.282 e. The molecule has 2 amide bonds. The third-order valence-electron chi connectivity index (χ3n) is 4.84. The number of halogens is 2. The van der Waals surface area contributed by atoms with Crippen LogP contribution in [0.3, 0.4) is 0 Å². The summed E-state index contributed by atoms with van der Waals surface area (Å²) in [6, 6.07) is 20.5. The van der Waals surface area contributed by atoms with Crippen molar-refractivity contribution >= 4 is 62.1 Å². The van der Waals surface area contributed by atoms with Crippen LogP contribution < -0.4 is 19.9 Å². The summed E-state index contributed by atoms with van der Waals surface area (Å²) in [5.74, 6) is 0.317. The molecule has 1 N–H and O–H groups in total. The number of benzene rings is 3. The number of nitrogens with one attached hydrogen (secondary N) is 1. The summed E-state index contributed by atoms with van der Waals surface area (Å²) in [5, 5.41) is 1.25. The molecular formula is C25H20BrIN2O4. The lowest BCUT2D eigenvalue weighted by Crippen LogP contribution is -2.35. The van der Waals surface area contributed by atoms with Crippen LogP contribution in [0.1, 0.15) is 18.1 Å². The Morgan fingerprint density at radius 1 is 1.03 bits per heavy atom. The van der Waals surface area contributed by atoms with Crippen molar-refractivity contribution in [2.45, 2.75) is 13.5 Å². The van der Waals surface area contributed by atoms with Gasteiger partial charge in [0.15, 0.2) is 11.5 Å². The largest absolute Gasteiger partial charge is 0.490 e. The van der Waals surface area contributed by atoms with E-state index in [0.717, 1.165) is 13.6 Å². The number of anilines is 1. The summed E-state index contributed by atoms with van der Waals surface area (Å²) in [6.45, 7) is 2.73. The number of amides is 2. The van der Waals surface area contributed by atoms with E-state index in [1.165, 1.54) is 5.01 Å². The van der Waals surface area contributed by atoms with Gasteiger partial charge in [-0.2, -0.15) is 0 Å². The van der Waals surface area contributed by atoms with E-state index in [9.17, 15) is 9.59 Å². The van der Waals surface area contributed by atoms with Gasteiger partial charge in [-0.05, 0) is 83.1 Å². The maximum atomic E-state index is 12.9. The monoisotopic (exact) mass is 618 g/mol. The van der Waals surface area contributed by atoms with E-state index in [4.69, 9.17) is 9.47 Å². The molecule has 0 spiro atoms. The Kier molecular flexibility index (Phi) is 7.34. The van der Waals surface area contributed by atoms with E-state index < -0.39 is 11.8 Å². The summed E-state index contributed by atoms with van der Waals surface area (Å²) in [4.78, 5) is 25.4. The zero-order valence-electron chi connectivity index (χ0n) is 17.7. The Morgan fingerprint density at radius 2 is 1.76 bits per heavy atom. The molecule has 8 heteroatoms. The van der Waals surface area contributed by atoms with Crippen LogP contribution in [0.25, 0.3) is 6.08 Å². The SMILES string of the molecule is CCOc1cc(/C=C2/C(=O)NN(c3ccccc3)C2=O)cc(I)c1OCc1ccc(Br)cc1. The van der Waals surface area contributed by atoms with Crippen LogP contribution in [0.2, 0.25) is 0 Å². The van der Waals surface area contributed by atoms with E-state index in [1.807, 2.05) is 43.3 Å². The molecule has 1 aliphatic rings. The molecule has 0 radical (unpaired) electrons. The van der Waals surface area contributed by atoms with E-state index >= 15 is 0 Å². The van der Waals surface area contributed by atoms with Crippen molar-refractivity contribution in [1.29, 1.82) is 0 Å². The highest BCUT2D eigenvalue weighted by Gasteiger charge is 2.34. The fraction of sp³-hybridized carbons (Fsp3) is 0.120. The number of para-hydroxylation sites is 1. The van der Waals surface area contributed by atoms with Crippen LogP contribution in [-0.4, -0.2) is 18.4 Å². The van der Waals surface area contributed by atoms with Crippen LogP contribution in [-0.2, 0) is 16.2 Å². The first kappa shape index (κ1) is 23.3. The van der Waals surface area contributed by atoms with Gasteiger partial charge >= 0.3 is 0 Å². The van der Waals surface area contributed by atoms with E-state index in [2.05, 4.69) is 43.9 Å². The summed E-state index contributed by atoms with van der Waals surface area (Å²) >= 11 is 5.60. The molecule has 1 aliphatic heterocycles. The highest BCUT2D eigenvalue weighted by atomic mass is 127. The maximum absolute atomic E-state index is 12.9. The molecule has 0 atom stereocenters. The minimum Gasteiger partial charge on any atom is -0.490 e. The van der Waals surface area contributed by atoms with Crippen molar-refractivity contribution < 1.29 is 19.1 Å². The highest BCUT2D eigenvalue weighted by Crippen LogP contribution is 2.36. The predicted molar refractivity (Wildman–Crippen MR) is 139 cm³/mol. The van der Waals surface area contributed by atoms with E-state index in [-0.39, 0.29) is 5.57 Å². The van der Waals surface area contributed by atoms with Gasteiger partial charge in [-0.3, -0.25) is 15.0 Å². The van der Waals surface area contributed by atoms with Gasteiger partial charge in [0.2, 0.25) is 0 Å². The van der Waals surface area contributed by atoms with E-state index in [1.54, 1.807) is 36.4 Å². The molecule has 1 fully saturated rings. The molecular weight excluding hydrogens is 599 g/mol. The molecule has 3 aromatic rings. The third kappa shape index (κ3) is 5.39. The van der Waals surface area contributed by atoms with Crippen molar-refractivity contribution in [1.82, 2.24) is 5.43 Å². The summed E-state index contributed by atoms with van der Waals surface area (Å²) < 4.78 is 13.7. The van der Waals surface area contributed by atoms with Gasteiger partial charge < -0.3 is 9.47 Å². The molecule has 0 aromatic heterocycles. The van der Waals surface area contributed by atoms with Crippen molar-refractivity contribution in [3.05, 3.63) is 91.5 Å². The number of hydrazine groups is 1. The second-order valence-corrected chi connectivity index (χ2v) is 9.23. The molecule has 3 aromatic carbocycles. The minimum absolute atomic E-state index is 0.0561. The Labute approximate surface area is 213 Å². The number of hydrogen-bond donors (Lipinski definition) is 1. The lowest BCUT2D eigenvalue weighted by Gasteiger charge is -2.15. The number of rotatable bonds is 7. The summed E-state index contributed by atoms with van der Waals surface area (Å²) in [7, 11) is 0. The average Bonchev–Trinajstić information content (AvgIpc) is 3.09. The highest BCUT2D eigenvalue weighted by molar-refractivity contribution is 14.1. The molecule has 0 aliphatic carbocycles. The van der Waals surface area contributed by atoms with Gasteiger partial charge in [0.05, 0.1) is 15.9 Å². The van der Waals surface area contributed by atoms with Crippen LogP contribution in [0.4, 0.5) is 5.69 Å². The molecule has 33 heavy (non-hydrogen) atoms. The first-order valence-electron chi connectivity index (χ1n) is 10.2. The summed E-state index contributed by atoms with van der Waals surface area (Å²) in [5.41, 5.74) is 4.97. The molecule has 168 valence electrons. The Balaban J connectivity index is 1.60. The first-order valence-corrected chi connectivity index (χ1v) is 12.1. The zero-order chi connectivity index (χ0) is 23.4. The Hall–Kier alpha value is -2.85. The molecule has 0 saturated carbocycles. The van der Waals surface area contributed by atoms with Crippen LogP contribution in [0, 0.1) is 3.57 Å². The number of ether oxygens (including phenoxy) is 2. The quantitative estimate of drug-likeness (QED) is 0.216. The van der Waals surface area contributed by atoms with Crippen molar-refractivity contribution in [3.63, 3.8) is 0 Å². The van der Waals surface area contributed by atoms with Crippen LogP contribution in [0.5, 0.6) is 11.5 Å². The molecule has 1 saturated heterocycles. The van der Waals surface area contributed by atoms with E-state index in [0.29, 0.717) is 36.0 Å². The fourth-order valence-electron chi connectivity index (χ4n) is 3.29. The fourth-order valence-corrected chi connectivity index (χ4v) is 4.34. The molecule has 0 bridgehead atoms. The normalized spacial score (nSPS) is 14.5. The van der Waals surface area contributed by atoms with Gasteiger partial charge in [0.1, 0.15) is 12.2 Å². The molecule has 0 unspecified atom stereocenters. The van der Waals surface area contributed by atoms with Crippen LogP contribution >= 0.6 is 38.5 Å². The molecule has 1 heterocycles. The second kappa shape index (κ2) is 10.4. The Bertz CT molecular complexity index is 1210. The number of carbonyl (C=O) groups excluding carboxylic acids is 2. The van der Waals surface area contributed by atoms with Crippen molar-refractivity contribution in [3.8, 4) is 11.5 Å². The number of nitrogens with zero attached hydrogens (tertiary/aromatic N) is 1. The van der Waals surface area contributed by atoms with Gasteiger partial charge in [0.25, 0.3) is 11.8 Å². The van der Waals surface area contributed by atoms with Crippen LogP contribution in [0.15, 0.2) is 76.8 Å². The Morgan fingerprint density at radius 3 is 2.45 bits per heavy atom. The third-order valence-corrected chi connectivity index (χ3v) is 6.17. The van der Waals surface area contributed by atoms with Crippen molar-refractivity contribution in [2.75, 3.05) is 11.6 Å². The van der Waals surface area contributed by atoms with Gasteiger partial charge in [-0.15, -0.1) is 0 Å². The zero-order valence-corrected chi connectivity index (χ0v) is 21.4. The topological polar surface area (TPSA) is 67.9 Å².